The molecule has 1 rings (SSSR count). The van der Waals surface area contributed by atoms with E-state index < -0.39 is 21.7 Å². The largest absolute Gasteiger partial charge is 0.474 e. The fourth-order valence-electron chi connectivity index (χ4n) is 1.28. The van der Waals surface area contributed by atoms with Crippen molar-refractivity contribution in [2.75, 3.05) is 11.5 Å². The zero-order chi connectivity index (χ0) is 10.8. The van der Waals surface area contributed by atoms with Gasteiger partial charge in [0.05, 0.1) is 11.5 Å². The van der Waals surface area contributed by atoms with E-state index in [4.69, 9.17) is 5.11 Å². The van der Waals surface area contributed by atoms with Gasteiger partial charge in [0.1, 0.15) is 9.84 Å². The van der Waals surface area contributed by atoms with Crippen LogP contribution in [-0.4, -0.2) is 42.9 Å². The van der Waals surface area contributed by atoms with Crippen LogP contribution in [0.25, 0.3) is 0 Å². The Bertz CT molecular complexity index is 333. The molecule has 0 atom stereocenters. The van der Waals surface area contributed by atoms with Crippen molar-refractivity contribution in [3.8, 4) is 0 Å². The van der Waals surface area contributed by atoms with Crippen molar-refractivity contribution in [1.29, 1.82) is 0 Å². The Balaban J connectivity index is 2.44. The highest BCUT2D eigenvalue weighted by molar-refractivity contribution is 7.91. The van der Waals surface area contributed by atoms with Crippen molar-refractivity contribution in [2.45, 2.75) is 18.9 Å². The van der Waals surface area contributed by atoms with E-state index in [9.17, 15) is 18.0 Å². The highest BCUT2D eigenvalue weighted by Gasteiger charge is 2.26. The molecule has 14 heavy (non-hydrogen) atoms. The topological polar surface area (TPSA) is 101 Å². The first-order valence-electron chi connectivity index (χ1n) is 4.15. The summed E-state index contributed by atoms with van der Waals surface area (Å²) in [5, 5.41) is 10.5. The third kappa shape index (κ3) is 2.99. The number of hydrogen-bond acceptors (Lipinski definition) is 4. The van der Waals surface area contributed by atoms with Gasteiger partial charge < -0.3 is 10.4 Å². The molecule has 0 unspecified atom stereocenters. The molecule has 0 radical (unpaired) electrons. The Morgan fingerprint density at radius 3 is 2.14 bits per heavy atom. The van der Waals surface area contributed by atoms with E-state index in [0.717, 1.165) is 0 Å². The highest BCUT2D eigenvalue weighted by atomic mass is 32.2. The van der Waals surface area contributed by atoms with Gasteiger partial charge in [-0.1, -0.05) is 0 Å². The van der Waals surface area contributed by atoms with Crippen molar-refractivity contribution >= 4 is 21.7 Å². The molecular weight excluding hydrogens is 210 g/mol. The fraction of sp³-hybridized carbons (Fsp3) is 0.714. The second-order valence-corrected chi connectivity index (χ2v) is 5.51. The molecule has 6 nitrogen and oxygen atoms in total. The van der Waals surface area contributed by atoms with Gasteiger partial charge in [0.15, 0.2) is 0 Å². The SMILES string of the molecule is O=C(O)C(=O)NC1CCS(=O)(=O)CC1. The summed E-state index contributed by atoms with van der Waals surface area (Å²) >= 11 is 0. The van der Waals surface area contributed by atoms with Crippen molar-refractivity contribution < 1.29 is 23.1 Å². The average molecular weight is 221 g/mol. The van der Waals surface area contributed by atoms with Gasteiger partial charge in [0, 0.05) is 6.04 Å². The number of carboxylic acid groups (broad SMARTS) is 1. The Hall–Kier alpha value is -1.11. The number of carbonyl (C=O) groups is 2. The maximum absolute atomic E-state index is 11.0. The van der Waals surface area contributed by atoms with E-state index in [-0.39, 0.29) is 17.5 Å². The summed E-state index contributed by atoms with van der Waals surface area (Å²) in [6, 6.07) is -0.331. The molecule has 1 amide bonds. The number of sulfone groups is 1. The number of hydrogen-bond donors (Lipinski definition) is 2. The van der Waals surface area contributed by atoms with E-state index in [1.165, 1.54) is 0 Å². The van der Waals surface area contributed by atoms with Crippen LogP contribution in [0.2, 0.25) is 0 Å². The number of carbonyl (C=O) groups excluding carboxylic acids is 1. The van der Waals surface area contributed by atoms with Crippen LogP contribution in [0, 0.1) is 0 Å². The van der Waals surface area contributed by atoms with Gasteiger partial charge in [0.2, 0.25) is 0 Å². The van der Waals surface area contributed by atoms with Crippen LogP contribution in [0.15, 0.2) is 0 Å². The highest BCUT2D eigenvalue weighted by Crippen LogP contribution is 2.11. The molecule has 0 spiro atoms. The van der Waals surface area contributed by atoms with Crippen LogP contribution in [0.5, 0.6) is 0 Å². The van der Waals surface area contributed by atoms with Gasteiger partial charge in [-0.2, -0.15) is 0 Å². The molecule has 1 fully saturated rings. The van der Waals surface area contributed by atoms with Gasteiger partial charge in [-0.3, -0.25) is 4.79 Å². The van der Waals surface area contributed by atoms with Crippen LogP contribution >= 0.6 is 0 Å². The molecule has 80 valence electrons. The molecular formula is C7H11NO5S. The van der Waals surface area contributed by atoms with Crippen LogP contribution in [0.4, 0.5) is 0 Å². The number of rotatable bonds is 1. The average Bonchev–Trinajstić information content (AvgIpc) is 2.08. The lowest BCUT2D eigenvalue weighted by atomic mass is 10.1. The number of amides is 1. The molecule has 0 aromatic heterocycles. The Morgan fingerprint density at radius 2 is 1.71 bits per heavy atom. The van der Waals surface area contributed by atoms with Crippen LogP contribution in [-0.2, 0) is 19.4 Å². The van der Waals surface area contributed by atoms with Gasteiger partial charge in [-0.15, -0.1) is 0 Å². The summed E-state index contributed by atoms with van der Waals surface area (Å²) in [6.45, 7) is 0. The Kier molecular flexibility index (Phi) is 3.10. The molecule has 1 aliphatic rings. The van der Waals surface area contributed by atoms with Crippen LogP contribution in [0.1, 0.15) is 12.8 Å². The van der Waals surface area contributed by atoms with Crippen molar-refractivity contribution in [3.05, 3.63) is 0 Å². The lowest BCUT2D eigenvalue weighted by Gasteiger charge is -2.21. The molecule has 1 aliphatic heterocycles. The fourth-order valence-corrected chi connectivity index (χ4v) is 2.77. The van der Waals surface area contributed by atoms with Gasteiger partial charge in [-0.05, 0) is 12.8 Å². The number of nitrogens with one attached hydrogen (secondary N) is 1. The lowest BCUT2D eigenvalue weighted by molar-refractivity contribution is -0.150. The first-order valence-corrected chi connectivity index (χ1v) is 5.97. The zero-order valence-electron chi connectivity index (χ0n) is 7.39. The molecule has 0 saturated carbocycles. The standard InChI is InChI=1S/C7H11NO5S/c9-6(7(10)11)8-5-1-3-14(12,13)4-2-5/h5H,1-4H2,(H,8,9)(H,10,11). The maximum atomic E-state index is 11.0. The third-order valence-corrected chi connectivity index (χ3v) is 3.80. The monoisotopic (exact) mass is 221 g/mol. The maximum Gasteiger partial charge on any atom is 0.394 e. The minimum Gasteiger partial charge on any atom is -0.474 e. The molecule has 2 N–H and O–H groups in total. The van der Waals surface area contributed by atoms with Gasteiger partial charge in [-0.25, -0.2) is 13.2 Å². The second kappa shape index (κ2) is 3.95. The van der Waals surface area contributed by atoms with E-state index in [1.807, 2.05) is 0 Å². The third-order valence-electron chi connectivity index (χ3n) is 2.08. The Labute approximate surface area is 81.2 Å². The van der Waals surface area contributed by atoms with Crippen molar-refractivity contribution in [1.82, 2.24) is 5.32 Å². The smallest absolute Gasteiger partial charge is 0.394 e. The van der Waals surface area contributed by atoms with Crippen molar-refractivity contribution in [3.63, 3.8) is 0 Å². The van der Waals surface area contributed by atoms with Crippen molar-refractivity contribution in [2.24, 2.45) is 0 Å². The van der Waals surface area contributed by atoms with E-state index in [0.29, 0.717) is 12.8 Å². The zero-order valence-corrected chi connectivity index (χ0v) is 8.21. The number of carboxylic acids is 1. The summed E-state index contributed by atoms with van der Waals surface area (Å²) in [4.78, 5) is 20.9. The number of aliphatic carboxylic acids is 1. The summed E-state index contributed by atoms with van der Waals surface area (Å²) in [7, 11) is -2.97. The molecule has 1 heterocycles. The van der Waals surface area contributed by atoms with E-state index in [2.05, 4.69) is 5.32 Å². The molecule has 0 aliphatic carbocycles. The van der Waals surface area contributed by atoms with Gasteiger partial charge >= 0.3 is 11.9 Å². The summed E-state index contributed by atoms with van der Waals surface area (Å²) < 4.78 is 22.0. The molecule has 0 aromatic carbocycles. The quantitative estimate of drug-likeness (QED) is 0.540. The first kappa shape index (κ1) is 11.0. The van der Waals surface area contributed by atoms with E-state index >= 15 is 0 Å². The predicted octanol–water partition coefficient (Wildman–Crippen LogP) is -1.24. The normalized spacial score (nSPS) is 21.4. The minimum atomic E-state index is -2.97. The second-order valence-electron chi connectivity index (χ2n) is 3.20. The molecule has 0 aromatic rings. The summed E-state index contributed by atoms with van der Waals surface area (Å²) in [6.07, 6.45) is 0.586. The molecule has 1 saturated heterocycles. The molecule has 0 bridgehead atoms. The Morgan fingerprint density at radius 1 is 1.21 bits per heavy atom. The minimum absolute atomic E-state index is 0.0115. The summed E-state index contributed by atoms with van der Waals surface area (Å²) in [5.41, 5.74) is 0. The predicted molar refractivity (Wildman–Crippen MR) is 47.5 cm³/mol. The summed E-state index contributed by atoms with van der Waals surface area (Å²) in [5.74, 6) is -2.59. The molecule has 7 heteroatoms. The van der Waals surface area contributed by atoms with Crippen LogP contribution in [0.3, 0.4) is 0 Å². The first-order chi connectivity index (χ1) is 6.41. The van der Waals surface area contributed by atoms with E-state index in [1.54, 1.807) is 0 Å². The van der Waals surface area contributed by atoms with Gasteiger partial charge in [0.25, 0.3) is 0 Å². The lowest BCUT2D eigenvalue weighted by Crippen LogP contribution is -2.43. The van der Waals surface area contributed by atoms with Crippen LogP contribution < -0.4 is 5.32 Å².